The highest BCUT2D eigenvalue weighted by molar-refractivity contribution is 5.94. The molecule has 1 amide bonds. The Kier molecular flexibility index (Phi) is 5.35. The third-order valence-electron chi connectivity index (χ3n) is 5.61. The van der Waals surface area contributed by atoms with Gasteiger partial charge in [-0.3, -0.25) is 19.6 Å². The van der Waals surface area contributed by atoms with Gasteiger partial charge in [0.2, 0.25) is 0 Å². The van der Waals surface area contributed by atoms with Gasteiger partial charge in [0.25, 0.3) is 5.91 Å². The van der Waals surface area contributed by atoms with Crippen LogP contribution in [0.1, 0.15) is 51.8 Å². The van der Waals surface area contributed by atoms with Crippen molar-refractivity contribution in [3.63, 3.8) is 0 Å². The van der Waals surface area contributed by atoms with E-state index in [1.54, 1.807) is 30.7 Å². The highest BCUT2D eigenvalue weighted by atomic mass is 16.6. The van der Waals surface area contributed by atoms with E-state index in [9.17, 15) is 14.9 Å². The Hall–Kier alpha value is -3.48. The maximum absolute atomic E-state index is 12.8. The smallest absolute Gasteiger partial charge is 0.312 e. The van der Waals surface area contributed by atoms with Crippen LogP contribution in [0.3, 0.4) is 0 Å². The fourth-order valence-corrected chi connectivity index (χ4v) is 3.83. The van der Waals surface area contributed by atoms with Crippen LogP contribution in [0, 0.1) is 29.9 Å². The summed E-state index contributed by atoms with van der Waals surface area (Å²) in [5.41, 5.74) is 3.64. The van der Waals surface area contributed by atoms with Gasteiger partial charge in [0, 0.05) is 5.56 Å². The predicted octanol–water partition coefficient (Wildman–Crippen LogP) is 4.34. The molecule has 1 heterocycles. The van der Waals surface area contributed by atoms with Gasteiger partial charge in [0.15, 0.2) is 0 Å². The average molecular weight is 404 g/mol. The number of hydrogen-bond donors (Lipinski definition) is 1. The zero-order chi connectivity index (χ0) is 21.3. The van der Waals surface area contributed by atoms with Crippen molar-refractivity contribution in [3.05, 3.63) is 92.8 Å². The van der Waals surface area contributed by atoms with Gasteiger partial charge in [-0.05, 0) is 55.9 Å². The number of amides is 1. The minimum atomic E-state index is -0.398. The van der Waals surface area contributed by atoms with Crippen molar-refractivity contribution in [2.75, 3.05) is 0 Å². The second-order valence-corrected chi connectivity index (χ2v) is 7.83. The van der Waals surface area contributed by atoms with E-state index in [1.807, 2.05) is 30.3 Å². The summed E-state index contributed by atoms with van der Waals surface area (Å²) in [6.45, 7) is 3.75. The van der Waals surface area contributed by atoms with Crippen LogP contribution in [0.2, 0.25) is 0 Å². The largest absolute Gasteiger partial charge is 0.345 e. The maximum Gasteiger partial charge on any atom is 0.312 e. The quantitative estimate of drug-likeness (QED) is 0.469. The van der Waals surface area contributed by atoms with Gasteiger partial charge >= 0.3 is 5.69 Å². The van der Waals surface area contributed by atoms with Crippen molar-refractivity contribution < 1.29 is 9.72 Å². The summed E-state index contributed by atoms with van der Waals surface area (Å²) < 4.78 is 1.63. The van der Waals surface area contributed by atoms with Gasteiger partial charge in [-0.15, -0.1) is 0 Å². The molecule has 7 nitrogen and oxygen atoms in total. The topological polar surface area (TPSA) is 90.1 Å². The molecule has 1 atom stereocenters. The van der Waals surface area contributed by atoms with Crippen LogP contribution in [-0.4, -0.2) is 20.6 Å². The number of nitrogens with zero attached hydrogens (tertiary/aromatic N) is 3. The molecule has 4 rings (SSSR count). The number of aromatic nitrogens is 2. The van der Waals surface area contributed by atoms with Gasteiger partial charge in [0.05, 0.1) is 17.5 Å². The molecule has 1 aromatic heterocycles. The first-order valence-corrected chi connectivity index (χ1v) is 10.1. The molecule has 1 fully saturated rings. The van der Waals surface area contributed by atoms with Gasteiger partial charge in [-0.1, -0.05) is 42.5 Å². The number of rotatable bonds is 7. The fraction of sp³-hybridized carbons (Fsp3) is 0.304. The molecule has 0 saturated heterocycles. The summed E-state index contributed by atoms with van der Waals surface area (Å²) in [6.07, 6.45) is 2.26. The second-order valence-electron chi connectivity index (χ2n) is 7.83. The van der Waals surface area contributed by atoms with Crippen LogP contribution < -0.4 is 5.32 Å². The van der Waals surface area contributed by atoms with Crippen LogP contribution in [0.4, 0.5) is 5.69 Å². The Balaban J connectivity index is 1.46. The number of carbonyl (C=O) groups excluding carboxylic acids is 1. The lowest BCUT2D eigenvalue weighted by molar-refractivity contribution is -0.386. The summed E-state index contributed by atoms with van der Waals surface area (Å²) in [5.74, 6) is 0.404. The van der Waals surface area contributed by atoms with Gasteiger partial charge in [0.1, 0.15) is 11.4 Å². The molecule has 0 bridgehead atoms. The number of benzene rings is 2. The number of hydrogen-bond acceptors (Lipinski definition) is 4. The van der Waals surface area contributed by atoms with Crippen molar-refractivity contribution in [2.45, 2.75) is 39.3 Å². The van der Waals surface area contributed by atoms with E-state index < -0.39 is 4.92 Å². The van der Waals surface area contributed by atoms with E-state index in [0.29, 0.717) is 29.4 Å². The minimum absolute atomic E-state index is 0.0358. The monoisotopic (exact) mass is 404 g/mol. The predicted molar refractivity (Wildman–Crippen MR) is 113 cm³/mol. The van der Waals surface area contributed by atoms with Crippen LogP contribution in [0.25, 0.3) is 0 Å². The normalized spacial score (nSPS) is 14.3. The lowest BCUT2D eigenvalue weighted by Gasteiger charge is -2.19. The lowest BCUT2D eigenvalue weighted by Crippen LogP contribution is -2.29. The first-order valence-electron chi connectivity index (χ1n) is 10.1. The van der Waals surface area contributed by atoms with E-state index in [-0.39, 0.29) is 17.6 Å². The molecule has 0 aliphatic heterocycles. The molecule has 30 heavy (non-hydrogen) atoms. The highest BCUT2D eigenvalue weighted by Crippen LogP contribution is 2.41. The fourth-order valence-electron chi connectivity index (χ4n) is 3.83. The minimum Gasteiger partial charge on any atom is -0.345 e. The third kappa shape index (κ3) is 4.10. The van der Waals surface area contributed by atoms with Gasteiger partial charge < -0.3 is 5.32 Å². The van der Waals surface area contributed by atoms with Crippen LogP contribution in [0.15, 0.2) is 54.6 Å². The number of nitrogens with one attached hydrogen (secondary N) is 1. The number of aryl methyl sites for hydroxylation is 1. The summed E-state index contributed by atoms with van der Waals surface area (Å²) in [4.78, 5) is 23.6. The summed E-state index contributed by atoms with van der Waals surface area (Å²) in [6, 6.07) is 17.4. The molecule has 154 valence electrons. The first kappa shape index (κ1) is 19.8. The summed E-state index contributed by atoms with van der Waals surface area (Å²) in [5, 5.41) is 18.6. The summed E-state index contributed by atoms with van der Waals surface area (Å²) >= 11 is 0. The van der Waals surface area contributed by atoms with Crippen LogP contribution in [0.5, 0.6) is 0 Å². The first-order chi connectivity index (χ1) is 14.4. The van der Waals surface area contributed by atoms with Crippen LogP contribution in [-0.2, 0) is 6.54 Å². The van der Waals surface area contributed by atoms with Crippen LogP contribution >= 0.6 is 0 Å². The Morgan fingerprint density at radius 2 is 1.83 bits per heavy atom. The van der Waals surface area contributed by atoms with E-state index in [1.165, 1.54) is 0 Å². The Morgan fingerprint density at radius 3 is 2.40 bits per heavy atom. The van der Waals surface area contributed by atoms with Crippen molar-refractivity contribution in [1.29, 1.82) is 0 Å². The molecule has 2 aromatic carbocycles. The van der Waals surface area contributed by atoms with Crippen molar-refractivity contribution in [2.24, 2.45) is 5.92 Å². The average Bonchev–Trinajstić information content (AvgIpc) is 3.53. The molecular weight excluding hydrogens is 380 g/mol. The van der Waals surface area contributed by atoms with Gasteiger partial charge in [-0.25, -0.2) is 0 Å². The second kappa shape index (κ2) is 8.10. The maximum atomic E-state index is 12.8. The highest BCUT2D eigenvalue weighted by Gasteiger charge is 2.33. The Labute approximate surface area is 174 Å². The molecule has 1 saturated carbocycles. The molecule has 0 radical (unpaired) electrons. The molecule has 7 heteroatoms. The van der Waals surface area contributed by atoms with E-state index in [4.69, 9.17) is 0 Å². The SMILES string of the molecule is Cc1nn(Cc2ccc(C(=O)NC(c3ccccc3)C3CC3)cc2)c(C)c1[N+](=O)[O-]. The van der Waals surface area contributed by atoms with Crippen molar-refractivity contribution in [1.82, 2.24) is 15.1 Å². The molecule has 1 N–H and O–H groups in total. The standard InChI is InChI=1S/C23H24N4O3/c1-15-22(27(29)30)16(2)26(25-15)14-17-8-10-20(11-9-17)23(28)24-21(19-12-13-19)18-6-4-3-5-7-18/h3-11,19,21H,12-14H2,1-2H3,(H,24,28). The van der Waals surface area contributed by atoms with E-state index in [0.717, 1.165) is 24.0 Å². The zero-order valence-corrected chi connectivity index (χ0v) is 17.0. The molecule has 1 aliphatic rings. The molecule has 1 unspecified atom stereocenters. The number of nitro groups is 1. The third-order valence-corrected chi connectivity index (χ3v) is 5.61. The Bertz CT molecular complexity index is 1070. The van der Waals surface area contributed by atoms with Crippen molar-refractivity contribution in [3.8, 4) is 0 Å². The van der Waals surface area contributed by atoms with E-state index in [2.05, 4.69) is 22.5 Å². The zero-order valence-electron chi connectivity index (χ0n) is 17.0. The number of carbonyl (C=O) groups is 1. The molecule has 3 aromatic rings. The molecule has 0 spiro atoms. The summed E-state index contributed by atoms with van der Waals surface area (Å²) in [7, 11) is 0. The van der Waals surface area contributed by atoms with E-state index >= 15 is 0 Å². The Morgan fingerprint density at radius 1 is 1.17 bits per heavy atom. The van der Waals surface area contributed by atoms with Gasteiger partial charge in [-0.2, -0.15) is 5.10 Å². The molecule has 1 aliphatic carbocycles. The van der Waals surface area contributed by atoms with Crippen molar-refractivity contribution >= 4 is 11.6 Å². The lowest BCUT2D eigenvalue weighted by atomic mass is 10.0. The molecular formula is C23H24N4O3.